The molecule has 0 amide bonds. The molecule has 0 bridgehead atoms. The molecule has 128 valence electrons. The van der Waals surface area contributed by atoms with Crippen molar-refractivity contribution >= 4 is 5.97 Å². The van der Waals surface area contributed by atoms with E-state index in [4.69, 9.17) is 4.74 Å². The number of ether oxygens (including phenoxy) is 1. The van der Waals surface area contributed by atoms with Gasteiger partial charge in [0, 0.05) is 0 Å². The molecule has 0 saturated carbocycles. The third-order valence-electron chi connectivity index (χ3n) is 3.46. The summed E-state index contributed by atoms with van der Waals surface area (Å²) in [6.07, 6.45) is -4.69. The zero-order valence-corrected chi connectivity index (χ0v) is 13.0. The molecular formula is C16H13F4NO3. The Morgan fingerprint density at radius 2 is 1.79 bits per heavy atom. The van der Waals surface area contributed by atoms with E-state index >= 15 is 0 Å². The topological polar surface area (TPSA) is 59.4 Å². The number of carbonyl (C=O) groups is 1. The highest BCUT2D eigenvalue weighted by atomic mass is 19.4. The van der Waals surface area contributed by atoms with Crippen LogP contribution in [0.25, 0.3) is 0 Å². The number of aryl methyl sites for hydroxylation is 2. The molecular weight excluding hydrogens is 330 g/mol. The predicted octanol–water partition coefficient (Wildman–Crippen LogP) is 4.66. The SMILES string of the molecule is Cc1cc(Oc2ccc(F)nc2C)c(C(=O)O)c(C)c1C(F)(F)F. The summed E-state index contributed by atoms with van der Waals surface area (Å²) < 4.78 is 57.8. The van der Waals surface area contributed by atoms with Crippen LogP contribution in [0.2, 0.25) is 0 Å². The number of aromatic nitrogens is 1. The first-order chi connectivity index (χ1) is 11.0. The second-order valence-corrected chi connectivity index (χ2v) is 5.19. The molecule has 2 rings (SSSR count). The molecule has 24 heavy (non-hydrogen) atoms. The zero-order chi connectivity index (χ0) is 18.2. The molecule has 1 aromatic heterocycles. The number of rotatable bonds is 3. The molecule has 0 unspecified atom stereocenters. The Kier molecular flexibility index (Phi) is 4.50. The molecule has 8 heteroatoms. The van der Waals surface area contributed by atoms with E-state index in [1.807, 2.05) is 0 Å². The molecule has 0 fully saturated rings. The number of benzene rings is 1. The molecule has 0 radical (unpaired) electrons. The average molecular weight is 343 g/mol. The number of alkyl halides is 3. The van der Waals surface area contributed by atoms with Crippen LogP contribution in [0, 0.1) is 26.7 Å². The van der Waals surface area contributed by atoms with Gasteiger partial charge in [-0.1, -0.05) is 0 Å². The fraction of sp³-hybridized carbons (Fsp3) is 0.250. The largest absolute Gasteiger partial charge is 0.478 e. The lowest BCUT2D eigenvalue weighted by Gasteiger charge is -2.19. The monoisotopic (exact) mass is 343 g/mol. The molecule has 0 atom stereocenters. The van der Waals surface area contributed by atoms with Crippen LogP contribution in [0.3, 0.4) is 0 Å². The van der Waals surface area contributed by atoms with Crippen molar-refractivity contribution in [1.29, 1.82) is 0 Å². The lowest BCUT2D eigenvalue weighted by atomic mass is 9.96. The van der Waals surface area contributed by atoms with E-state index in [2.05, 4.69) is 4.98 Å². The van der Waals surface area contributed by atoms with Gasteiger partial charge in [-0.05, 0) is 50.1 Å². The van der Waals surface area contributed by atoms with Gasteiger partial charge in [0.15, 0.2) is 0 Å². The van der Waals surface area contributed by atoms with Gasteiger partial charge in [-0.15, -0.1) is 0 Å². The van der Waals surface area contributed by atoms with Crippen LogP contribution in [0.1, 0.15) is 32.7 Å². The first-order valence-electron chi connectivity index (χ1n) is 6.78. The van der Waals surface area contributed by atoms with Gasteiger partial charge in [0.25, 0.3) is 0 Å². The summed E-state index contributed by atoms with van der Waals surface area (Å²) in [5.74, 6) is -2.52. The maximum Gasteiger partial charge on any atom is 0.416 e. The third kappa shape index (κ3) is 3.32. The average Bonchev–Trinajstić information content (AvgIpc) is 2.39. The third-order valence-corrected chi connectivity index (χ3v) is 3.46. The van der Waals surface area contributed by atoms with E-state index in [1.54, 1.807) is 0 Å². The Bertz CT molecular complexity index is 816. The highest BCUT2D eigenvalue weighted by Crippen LogP contribution is 2.40. The van der Waals surface area contributed by atoms with Gasteiger partial charge < -0.3 is 9.84 Å². The van der Waals surface area contributed by atoms with E-state index in [1.165, 1.54) is 19.9 Å². The van der Waals surface area contributed by atoms with Crippen molar-refractivity contribution in [3.8, 4) is 11.5 Å². The number of hydrogen-bond acceptors (Lipinski definition) is 3. The summed E-state index contributed by atoms with van der Waals surface area (Å²) >= 11 is 0. The van der Waals surface area contributed by atoms with Crippen LogP contribution in [-0.4, -0.2) is 16.1 Å². The highest BCUT2D eigenvalue weighted by molar-refractivity contribution is 5.93. The van der Waals surface area contributed by atoms with Crippen molar-refractivity contribution < 1.29 is 32.2 Å². The predicted molar refractivity (Wildman–Crippen MR) is 76.9 cm³/mol. The van der Waals surface area contributed by atoms with Crippen molar-refractivity contribution in [3.05, 3.63) is 52.1 Å². The lowest BCUT2D eigenvalue weighted by Crippen LogP contribution is -2.15. The first-order valence-corrected chi connectivity index (χ1v) is 6.78. The normalized spacial score (nSPS) is 11.5. The highest BCUT2D eigenvalue weighted by Gasteiger charge is 2.37. The van der Waals surface area contributed by atoms with Crippen molar-refractivity contribution in [3.63, 3.8) is 0 Å². The van der Waals surface area contributed by atoms with Crippen LogP contribution in [0.4, 0.5) is 17.6 Å². The number of carboxylic acids is 1. The van der Waals surface area contributed by atoms with E-state index in [-0.39, 0.29) is 22.8 Å². The van der Waals surface area contributed by atoms with E-state index in [0.29, 0.717) is 0 Å². The van der Waals surface area contributed by atoms with Crippen LogP contribution in [0.15, 0.2) is 18.2 Å². The molecule has 1 aromatic carbocycles. The molecule has 1 heterocycles. The van der Waals surface area contributed by atoms with E-state index in [9.17, 15) is 27.5 Å². The molecule has 0 spiro atoms. The Labute approximate surface area is 134 Å². The summed E-state index contributed by atoms with van der Waals surface area (Å²) in [5, 5.41) is 9.30. The van der Waals surface area contributed by atoms with Crippen LogP contribution < -0.4 is 4.74 Å². The number of carboxylic acid groups (broad SMARTS) is 1. The smallest absolute Gasteiger partial charge is 0.416 e. The van der Waals surface area contributed by atoms with Crippen LogP contribution >= 0.6 is 0 Å². The summed E-state index contributed by atoms with van der Waals surface area (Å²) in [6, 6.07) is 3.24. The molecule has 4 nitrogen and oxygen atoms in total. The molecule has 2 aromatic rings. The minimum atomic E-state index is -4.69. The van der Waals surface area contributed by atoms with Gasteiger partial charge in [-0.25, -0.2) is 9.78 Å². The number of aromatic carboxylic acids is 1. The molecule has 1 N–H and O–H groups in total. The van der Waals surface area contributed by atoms with Gasteiger partial charge in [0.05, 0.1) is 11.3 Å². The summed E-state index contributed by atoms with van der Waals surface area (Å²) in [5.41, 5.74) is -2.09. The number of halogens is 4. The maximum atomic E-state index is 13.1. The van der Waals surface area contributed by atoms with Crippen LogP contribution in [0.5, 0.6) is 11.5 Å². The van der Waals surface area contributed by atoms with Crippen molar-refractivity contribution in [2.45, 2.75) is 26.9 Å². The van der Waals surface area contributed by atoms with Crippen molar-refractivity contribution in [2.24, 2.45) is 0 Å². The number of hydrogen-bond donors (Lipinski definition) is 1. The van der Waals surface area contributed by atoms with Gasteiger partial charge in [0.1, 0.15) is 17.1 Å². The second kappa shape index (κ2) is 6.10. The van der Waals surface area contributed by atoms with Crippen molar-refractivity contribution in [1.82, 2.24) is 4.98 Å². The minimum Gasteiger partial charge on any atom is -0.478 e. The summed E-state index contributed by atoms with van der Waals surface area (Å²) in [7, 11) is 0. The standard InChI is InChI=1S/C16H13F4NO3/c1-7-6-11(24-10-4-5-12(17)21-9(10)3)13(15(22)23)8(2)14(7)16(18,19)20/h4-6H,1-3H3,(H,22,23). The molecule has 0 aliphatic carbocycles. The first kappa shape index (κ1) is 17.7. The number of pyridine rings is 1. The Morgan fingerprint density at radius 3 is 2.29 bits per heavy atom. The number of nitrogens with zero attached hydrogens (tertiary/aromatic N) is 1. The van der Waals surface area contributed by atoms with Gasteiger partial charge >= 0.3 is 12.1 Å². The fourth-order valence-corrected chi connectivity index (χ4v) is 2.47. The molecule has 0 aliphatic heterocycles. The summed E-state index contributed by atoms with van der Waals surface area (Å²) in [6.45, 7) is 3.72. The maximum absolute atomic E-state index is 13.1. The zero-order valence-electron chi connectivity index (χ0n) is 13.0. The van der Waals surface area contributed by atoms with Crippen molar-refractivity contribution in [2.75, 3.05) is 0 Å². The Hall–Kier alpha value is -2.64. The minimum absolute atomic E-state index is 0.0532. The molecule has 0 aliphatic rings. The molecule has 0 saturated heterocycles. The van der Waals surface area contributed by atoms with E-state index in [0.717, 1.165) is 19.1 Å². The second-order valence-electron chi connectivity index (χ2n) is 5.19. The van der Waals surface area contributed by atoms with Gasteiger partial charge in [0.2, 0.25) is 5.95 Å². The van der Waals surface area contributed by atoms with Gasteiger partial charge in [-0.2, -0.15) is 17.6 Å². The lowest BCUT2D eigenvalue weighted by molar-refractivity contribution is -0.138. The van der Waals surface area contributed by atoms with Gasteiger partial charge in [-0.3, -0.25) is 0 Å². The quantitative estimate of drug-likeness (QED) is 0.651. The summed E-state index contributed by atoms with van der Waals surface area (Å²) in [4.78, 5) is 15.0. The van der Waals surface area contributed by atoms with E-state index < -0.39 is 34.8 Å². The fourth-order valence-electron chi connectivity index (χ4n) is 2.47. The van der Waals surface area contributed by atoms with Crippen LogP contribution in [-0.2, 0) is 6.18 Å². The Balaban J connectivity index is 2.64. The Morgan fingerprint density at radius 1 is 1.17 bits per heavy atom.